The third kappa shape index (κ3) is 6.17. The molecule has 0 bridgehead atoms. The van der Waals surface area contributed by atoms with Gasteiger partial charge >= 0.3 is 12.0 Å². The van der Waals surface area contributed by atoms with Crippen LogP contribution in [0.4, 0.5) is 17.1 Å². The van der Waals surface area contributed by atoms with Gasteiger partial charge in [0.2, 0.25) is 0 Å². The standard InChI is InChI=1S/C26H36N4O4/c1-4-19(12-25(31)32)20-7-8-23(30-9-10-33-16-24(30)17(2)3)22(11-20)29-21-13-27-26(28-14-21)34-15-18-5-6-18/h7-8,11,13-14,17-19,24,29H,4-6,9-10,12,15-16H2,1-3H3,(H,31,32)/t19?,24-/m0/s1. The van der Waals surface area contributed by atoms with Gasteiger partial charge in [0, 0.05) is 6.54 Å². The van der Waals surface area contributed by atoms with Crippen LogP contribution in [-0.2, 0) is 9.53 Å². The maximum atomic E-state index is 11.4. The summed E-state index contributed by atoms with van der Waals surface area (Å²) in [6, 6.07) is 6.91. The molecule has 2 N–H and O–H groups in total. The first kappa shape index (κ1) is 24.3. The summed E-state index contributed by atoms with van der Waals surface area (Å²) in [6.45, 7) is 9.29. The quantitative estimate of drug-likeness (QED) is 0.484. The van der Waals surface area contributed by atoms with Crippen LogP contribution in [0.1, 0.15) is 57.9 Å². The van der Waals surface area contributed by atoms with Gasteiger partial charge in [-0.2, -0.15) is 0 Å². The fraction of sp³-hybridized carbons (Fsp3) is 0.577. The normalized spacial score (nSPS) is 19.2. The van der Waals surface area contributed by atoms with Gasteiger partial charge in [0.15, 0.2) is 0 Å². The van der Waals surface area contributed by atoms with Crippen molar-refractivity contribution in [1.29, 1.82) is 0 Å². The molecule has 1 aromatic carbocycles. The second kappa shape index (κ2) is 11.0. The fourth-order valence-electron chi connectivity index (χ4n) is 4.43. The van der Waals surface area contributed by atoms with Gasteiger partial charge in [0.1, 0.15) is 0 Å². The van der Waals surface area contributed by atoms with E-state index in [0.29, 0.717) is 37.7 Å². The van der Waals surface area contributed by atoms with Crippen molar-refractivity contribution in [3.63, 3.8) is 0 Å². The molecule has 0 radical (unpaired) electrons. The predicted molar refractivity (Wildman–Crippen MR) is 132 cm³/mol. The SMILES string of the molecule is CCC(CC(=O)O)c1ccc(N2CCOC[C@H]2C(C)C)c(Nc2cnc(OCC3CC3)nc2)c1. The lowest BCUT2D eigenvalue weighted by molar-refractivity contribution is -0.137. The number of nitrogens with one attached hydrogen (secondary N) is 1. The number of nitrogens with zero attached hydrogens (tertiary/aromatic N) is 3. The Morgan fingerprint density at radius 3 is 2.71 bits per heavy atom. The summed E-state index contributed by atoms with van der Waals surface area (Å²) in [5.41, 5.74) is 3.77. The molecule has 2 aromatic rings. The number of ether oxygens (including phenoxy) is 2. The molecular weight excluding hydrogens is 432 g/mol. The average molecular weight is 469 g/mol. The minimum absolute atomic E-state index is 0.0489. The van der Waals surface area contributed by atoms with E-state index >= 15 is 0 Å². The minimum atomic E-state index is -0.784. The van der Waals surface area contributed by atoms with E-state index in [2.05, 4.69) is 52.2 Å². The van der Waals surface area contributed by atoms with E-state index in [4.69, 9.17) is 9.47 Å². The lowest BCUT2D eigenvalue weighted by Crippen LogP contribution is -2.48. The summed E-state index contributed by atoms with van der Waals surface area (Å²) in [7, 11) is 0. The van der Waals surface area contributed by atoms with Crippen molar-refractivity contribution in [3.05, 3.63) is 36.2 Å². The highest BCUT2D eigenvalue weighted by Crippen LogP contribution is 2.37. The summed E-state index contributed by atoms with van der Waals surface area (Å²) >= 11 is 0. The molecule has 0 spiro atoms. The molecule has 8 nitrogen and oxygen atoms in total. The Morgan fingerprint density at radius 1 is 1.29 bits per heavy atom. The third-order valence-electron chi connectivity index (χ3n) is 6.70. The van der Waals surface area contributed by atoms with Crippen molar-refractivity contribution in [2.75, 3.05) is 36.6 Å². The molecule has 1 aliphatic carbocycles. The van der Waals surface area contributed by atoms with Gasteiger partial charge < -0.3 is 24.8 Å². The Morgan fingerprint density at radius 2 is 2.06 bits per heavy atom. The average Bonchev–Trinajstić information content (AvgIpc) is 3.66. The van der Waals surface area contributed by atoms with Crippen LogP contribution in [0.25, 0.3) is 0 Å². The van der Waals surface area contributed by atoms with E-state index < -0.39 is 5.97 Å². The summed E-state index contributed by atoms with van der Waals surface area (Å²) in [4.78, 5) is 22.5. The molecule has 34 heavy (non-hydrogen) atoms. The molecule has 0 amide bonds. The lowest BCUT2D eigenvalue weighted by Gasteiger charge is -2.40. The number of aliphatic carboxylic acids is 1. The van der Waals surface area contributed by atoms with Crippen LogP contribution < -0.4 is 15.0 Å². The lowest BCUT2D eigenvalue weighted by atomic mass is 9.92. The minimum Gasteiger partial charge on any atom is -0.481 e. The van der Waals surface area contributed by atoms with Crippen LogP contribution in [-0.4, -0.2) is 53.5 Å². The number of morpholine rings is 1. The maximum absolute atomic E-state index is 11.4. The maximum Gasteiger partial charge on any atom is 0.316 e. The number of carboxylic acids is 1. The molecular formula is C26H36N4O4. The van der Waals surface area contributed by atoms with Crippen LogP contribution in [0, 0.1) is 11.8 Å². The van der Waals surface area contributed by atoms with E-state index in [0.717, 1.165) is 35.6 Å². The molecule has 2 fully saturated rings. The Balaban J connectivity index is 1.62. The van der Waals surface area contributed by atoms with Crippen LogP contribution >= 0.6 is 0 Å². The number of hydrogen-bond donors (Lipinski definition) is 2. The highest BCUT2D eigenvalue weighted by molar-refractivity contribution is 5.77. The number of carbonyl (C=O) groups is 1. The zero-order valence-electron chi connectivity index (χ0n) is 20.4. The Kier molecular flexibility index (Phi) is 7.88. The van der Waals surface area contributed by atoms with Gasteiger partial charge in [-0.05, 0) is 54.7 Å². The molecule has 2 aliphatic rings. The van der Waals surface area contributed by atoms with E-state index in [9.17, 15) is 9.90 Å². The van der Waals surface area contributed by atoms with Gasteiger partial charge in [-0.25, -0.2) is 9.97 Å². The van der Waals surface area contributed by atoms with Crippen molar-refractivity contribution in [3.8, 4) is 6.01 Å². The molecule has 1 aliphatic heterocycles. The van der Waals surface area contributed by atoms with E-state index in [1.54, 1.807) is 12.4 Å². The summed E-state index contributed by atoms with van der Waals surface area (Å²) in [5.74, 6) is 0.238. The first-order valence-corrected chi connectivity index (χ1v) is 12.4. The smallest absolute Gasteiger partial charge is 0.316 e. The Hall–Kier alpha value is -2.87. The number of anilines is 3. The van der Waals surface area contributed by atoms with Gasteiger partial charge in [0.25, 0.3) is 0 Å². The number of rotatable bonds is 11. The van der Waals surface area contributed by atoms with Crippen molar-refractivity contribution in [2.24, 2.45) is 11.8 Å². The van der Waals surface area contributed by atoms with Gasteiger partial charge in [-0.3, -0.25) is 4.79 Å². The van der Waals surface area contributed by atoms with Gasteiger partial charge in [0.05, 0.1) is 61.7 Å². The van der Waals surface area contributed by atoms with Crippen molar-refractivity contribution in [1.82, 2.24) is 9.97 Å². The van der Waals surface area contributed by atoms with Crippen LogP contribution in [0.3, 0.4) is 0 Å². The van der Waals surface area contributed by atoms with Crippen LogP contribution in [0.15, 0.2) is 30.6 Å². The topological polar surface area (TPSA) is 96.8 Å². The molecule has 8 heteroatoms. The molecule has 1 aromatic heterocycles. The third-order valence-corrected chi connectivity index (χ3v) is 6.70. The van der Waals surface area contributed by atoms with Gasteiger partial charge in [-0.15, -0.1) is 0 Å². The first-order chi connectivity index (χ1) is 16.4. The van der Waals surface area contributed by atoms with E-state index in [-0.39, 0.29) is 18.4 Å². The van der Waals surface area contributed by atoms with Crippen LogP contribution in [0.5, 0.6) is 6.01 Å². The summed E-state index contributed by atoms with van der Waals surface area (Å²) < 4.78 is 11.4. The molecule has 1 unspecified atom stereocenters. The van der Waals surface area contributed by atoms with Crippen molar-refractivity contribution >= 4 is 23.0 Å². The van der Waals surface area contributed by atoms with Crippen LogP contribution in [0.2, 0.25) is 0 Å². The van der Waals surface area contributed by atoms with E-state index in [1.807, 2.05) is 6.92 Å². The van der Waals surface area contributed by atoms with Crippen molar-refractivity contribution < 1.29 is 19.4 Å². The largest absolute Gasteiger partial charge is 0.481 e. The molecule has 2 atom stereocenters. The zero-order chi connectivity index (χ0) is 24.1. The number of benzene rings is 1. The molecule has 2 heterocycles. The second-order valence-corrected chi connectivity index (χ2v) is 9.69. The number of aromatic nitrogens is 2. The zero-order valence-corrected chi connectivity index (χ0v) is 20.4. The molecule has 1 saturated carbocycles. The highest BCUT2D eigenvalue weighted by atomic mass is 16.5. The van der Waals surface area contributed by atoms with Crippen molar-refractivity contribution in [2.45, 2.75) is 58.4 Å². The molecule has 184 valence electrons. The number of hydrogen-bond acceptors (Lipinski definition) is 7. The molecule has 4 rings (SSSR count). The fourth-order valence-corrected chi connectivity index (χ4v) is 4.43. The Bertz CT molecular complexity index is 962. The predicted octanol–water partition coefficient (Wildman–Crippen LogP) is 4.84. The highest BCUT2D eigenvalue weighted by Gasteiger charge is 2.28. The van der Waals surface area contributed by atoms with E-state index in [1.165, 1.54) is 12.8 Å². The first-order valence-electron chi connectivity index (χ1n) is 12.4. The second-order valence-electron chi connectivity index (χ2n) is 9.69. The summed E-state index contributed by atoms with van der Waals surface area (Å²) in [5, 5.41) is 12.9. The Labute approximate surface area is 201 Å². The van der Waals surface area contributed by atoms with Gasteiger partial charge in [-0.1, -0.05) is 26.8 Å². The number of carboxylic acid groups (broad SMARTS) is 1. The molecule has 1 saturated heterocycles. The summed E-state index contributed by atoms with van der Waals surface area (Å²) in [6.07, 6.45) is 6.78. The monoisotopic (exact) mass is 468 g/mol.